The Kier molecular flexibility index (Phi) is 3.68. The van der Waals surface area contributed by atoms with Crippen LogP contribution < -0.4 is 5.73 Å². The van der Waals surface area contributed by atoms with Crippen molar-refractivity contribution in [1.29, 1.82) is 0 Å². The molecular formula is C15H14N6. The molecule has 0 saturated heterocycles. The lowest BCUT2D eigenvalue weighted by Crippen LogP contribution is -2.05. The first-order valence-corrected chi connectivity index (χ1v) is 6.50. The first-order chi connectivity index (χ1) is 10.3. The highest BCUT2D eigenvalue weighted by Gasteiger charge is 2.07. The van der Waals surface area contributed by atoms with Gasteiger partial charge in [0.15, 0.2) is 0 Å². The number of hydrogen-bond acceptors (Lipinski definition) is 5. The molecule has 2 aromatic heterocycles. The van der Waals surface area contributed by atoms with Gasteiger partial charge in [-0.1, -0.05) is 24.3 Å². The van der Waals surface area contributed by atoms with Crippen molar-refractivity contribution >= 4 is 17.2 Å². The summed E-state index contributed by atoms with van der Waals surface area (Å²) in [5.41, 5.74) is 8.40. The highest BCUT2D eigenvalue weighted by molar-refractivity contribution is 5.56. The van der Waals surface area contributed by atoms with E-state index in [1.54, 1.807) is 23.3 Å². The number of hydrogen-bond donors (Lipinski definition) is 1. The summed E-state index contributed by atoms with van der Waals surface area (Å²) in [5, 5.41) is 12.5. The summed E-state index contributed by atoms with van der Waals surface area (Å²) in [7, 11) is 0. The summed E-state index contributed by atoms with van der Waals surface area (Å²) >= 11 is 0. The Bertz CT molecular complexity index is 733. The highest BCUT2D eigenvalue weighted by atomic mass is 15.3. The number of nitrogens with zero attached hydrogens (tertiary/aromatic N) is 5. The Balaban J connectivity index is 1.78. The van der Waals surface area contributed by atoms with Crippen LogP contribution in [0.4, 0.5) is 17.2 Å². The SMILES string of the molecule is Nc1c(/N=N/c2ccccc2)cnn1Cc1cccnc1. The maximum Gasteiger partial charge on any atom is 0.150 e. The van der Waals surface area contributed by atoms with Crippen molar-refractivity contribution in [3.63, 3.8) is 0 Å². The topological polar surface area (TPSA) is 81.5 Å². The van der Waals surface area contributed by atoms with Crippen molar-refractivity contribution in [2.75, 3.05) is 5.73 Å². The minimum absolute atomic E-state index is 0.485. The van der Waals surface area contributed by atoms with Crippen LogP contribution in [0.15, 0.2) is 71.3 Å². The zero-order chi connectivity index (χ0) is 14.5. The summed E-state index contributed by atoms with van der Waals surface area (Å²) in [6.07, 6.45) is 5.12. The summed E-state index contributed by atoms with van der Waals surface area (Å²) in [6.45, 7) is 0.556. The van der Waals surface area contributed by atoms with E-state index in [2.05, 4.69) is 20.3 Å². The normalized spacial score (nSPS) is 11.0. The van der Waals surface area contributed by atoms with Gasteiger partial charge < -0.3 is 5.73 Å². The van der Waals surface area contributed by atoms with E-state index in [-0.39, 0.29) is 0 Å². The van der Waals surface area contributed by atoms with Crippen molar-refractivity contribution in [3.8, 4) is 0 Å². The van der Waals surface area contributed by atoms with E-state index in [1.807, 2.05) is 42.5 Å². The number of pyridine rings is 1. The molecular weight excluding hydrogens is 264 g/mol. The fourth-order valence-corrected chi connectivity index (χ4v) is 1.86. The number of nitrogens with two attached hydrogens (primary N) is 1. The Morgan fingerprint density at radius 1 is 1.00 bits per heavy atom. The van der Waals surface area contributed by atoms with Gasteiger partial charge in [-0.25, -0.2) is 4.68 Å². The third-order valence-electron chi connectivity index (χ3n) is 2.94. The second-order valence-corrected chi connectivity index (χ2v) is 4.47. The van der Waals surface area contributed by atoms with Gasteiger partial charge in [0.1, 0.15) is 11.5 Å². The Labute approximate surface area is 122 Å². The molecule has 3 aromatic rings. The standard InChI is InChI=1S/C15H14N6/c16-15-14(20-19-13-6-2-1-3-7-13)10-18-21(15)11-12-5-4-8-17-9-12/h1-10H,11,16H2/b20-19+. The lowest BCUT2D eigenvalue weighted by atomic mass is 10.3. The molecule has 2 N–H and O–H groups in total. The van der Waals surface area contributed by atoms with Crippen LogP contribution in [0.5, 0.6) is 0 Å². The molecule has 0 aliphatic rings. The van der Waals surface area contributed by atoms with E-state index >= 15 is 0 Å². The number of anilines is 1. The van der Waals surface area contributed by atoms with Gasteiger partial charge in [0.05, 0.1) is 18.4 Å². The minimum Gasteiger partial charge on any atom is -0.382 e. The van der Waals surface area contributed by atoms with Crippen molar-refractivity contribution in [2.24, 2.45) is 10.2 Å². The van der Waals surface area contributed by atoms with Gasteiger partial charge in [-0.15, -0.1) is 5.11 Å². The van der Waals surface area contributed by atoms with Crippen LogP contribution in [0.25, 0.3) is 0 Å². The van der Waals surface area contributed by atoms with Crippen LogP contribution in [-0.2, 0) is 6.54 Å². The van der Waals surface area contributed by atoms with Gasteiger partial charge in [-0.3, -0.25) is 4.98 Å². The molecule has 104 valence electrons. The molecule has 0 amide bonds. The Morgan fingerprint density at radius 2 is 1.86 bits per heavy atom. The van der Waals surface area contributed by atoms with Crippen LogP contribution in [0, 0.1) is 0 Å². The Hall–Kier alpha value is -3.02. The van der Waals surface area contributed by atoms with E-state index in [4.69, 9.17) is 5.73 Å². The molecule has 3 rings (SSSR count). The molecule has 21 heavy (non-hydrogen) atoms. The number of azo groups is 1. The second-order valence-electron chi connectivity index (χ2n) is 4.47. The fourth-order valence-electron chi connectivity index (χ4n) is 1.86. The van der Waals surface area contributed by atoms with Crippen molar-refractivity contribution in [3.05, 3.63) is 66.6 Å². The van der Waals surface area contributed by atoms with Crippen molar-refractivity contribution in [2.45, 2.75) is 6.54 Å². The maximum atomic E-state index is 6.04. The van der Waals surface area contributed by atoms with E-state index in [0.717, 1.165) is 11.3 Å². The van der Waals surface area contributed by atoms with Gasteiger partial charge in [-0.05, 0) is 23.8 Å². The average molecular weight is 278 g/mol. The Morgan fingerprint density at radius 3 is 2.62 bits per heavy atom. The first kappa shape index (κ1) is 13.0. The number of benzene rings is 1. The van der Waals surface area contributed by atoms with Gasteiger partial charge in [0.25, 0.3) is 0 Å². The summed E-state index contributed by atoms with van der Waals surface area (Å²) in [4.78, 5) is 4.07. The van der Waals surface area contributed by atoms with Crippen LogP contribution in [-0.4, -0.2) is 14.8 Å². The lowest BCUT2D eigenvalue weighted by molar-refractivity contribution is 0.695. The fraction of sp³-hybridized carbons (Fsp3) is 0.0667. The quantitative estimate of drug-likeness (QED) is 0.743. The molecule has 0 atom stereocenters. The van der Waals surface area contributed by atoms with Crippen LogP contribution in [0.2, 0.25) is 0 Å². The zero-order valence-corrected chi connectivity index (χ0v) is 11.3. The third kappa shape index (κ3) is 3.11. The van der Waals surface area contributed by atoms with E-state index in [1.165, 1.54) is 0 Å². The molecule has 0 unspecified atom stereocenters. The van der Waals surface area contributed by atoms with E-state index in [0.29, 0.717) is 18.1 Å². The molecule has 6 nitrogen and oxygen atoms in total. The number of aromatic nitrogens is 3. The molecule has 0 aliphatic carbocycles. The van der Waals surface area contributed by atoms with E-state index in [9.17, 15) is 0 Å². The summed E-state index contributed by atoms with van der Waals surface area (Å²) < 4.78 is 1.68. The average Bonchev–Trinajstić information content (AvgIpc) is 2.88. The van der Waals surface area contributed by atoms with Crippen LogP contribution in [0.3, 0.4) is 0 Å². The second kappa shape index (κ2) is 5.96. The molecule has 0 spiro atoms. The molecule has 0 fully saturated rings. The molecule has 0 aliphatic heterocycles. The molecule has 0 radical (unpaired) electrons. The predicted octanol–water partition coefficient (Wildman–Crippen LogP) is 3.32. The van der Waals surface area contributed by atoms with Gasteiger partial charge in [0.2, 0.25) is 0 Å². The van der Waals surface area contributed by atoms with Gasteiger partial charge >= 0.3 is 0 Å². The minimum atomic E-state index is 0.485. The highest BCUT2D eigenvalue weighted by Crippen LogP contribution is 2.24. The lowest BCUT2D eigenvalue weighted by Gasteiger charge is -2.03. The van der Waals surface area contributed by atoms with Crippen LogP contribution in [0.1, 0.15) is 5.56 Å². The number of rotatable bonds is 4. The summed E-state index contributed by atoms with van der Waals surface area (Å²) in [6, 6.07) is 13.3. The molecule has 0 saturated carbocycles. The smallest absolute Gasteiger partial charge is 0.150 e. The monoisotopic (exact) mass is 278 g/mol. The molecule has 0 bridgehead atoms. The molecule has 1 aromatic carbocycles. The maximum absolute atomic E-state index is 6.04. The molecule has 6 heteroatoms. The predicted molar refractivity (Wildman–Crippen MR) is 80.6 cm³/mol. The molecule has 2 heterocycles. The van der Waals surface area contributed by atoms with Gasteiger partial charge in [0, 0.05) is 12.4 Å². The zero-order valence-electron chi connectivity index (χ0n) is 11.3. The van der Waals surface area contributed by atoms with Gasteiger partial charge in [-0.2, -0.15) is 10.2 Å². The summed E-state index contributed by atoms with van der Waals surface area (Å²) in [5.74, 6) is 0.485. The van der Waals surface area contributed by atoms with E-state index < -0.39 is 0 Å². The first-order valence-electron chi connectivity index (χ1n) is 6.50. The largest absolute Gasteiger partial charge is 0.382 e. The third-order valence-corrected chi connectivity index (χ3v) is 2.94. The van der Waals surface area contributed by atoms with Crippen molar-refractivity contribution in [1.82, 2.24) is 14.8 Å². The van der Waals surface area contributed by atoms with Crippen LogP contribution >= 0.6 is 0 Å². The van der Waals surface area contributed by atoms with Crippen molar-refractivity contribution < 1.29 is 0 Å². The number of nitrogen functional groups attached to an aromatic ring is 1.